The number of carbonyl (C=O) groups excluding carboxylic acids is 1. The number of carbonyl (C=O) groups is 1. The third-order valence-corrected chi connectivity index (χ3v) is 5.64. The third-order valence-electron chi connectivity index (χ3n) is 5.64. The molecule has 1 heterocycles. The minimum atomic E-state index is -0.252. The standard InChI is InChI=1S/C27H29N3O2/c1-18-9-12-22(13-10-18)27(31)28-21(4)26-29-23-7-5-6-8-24(23)30(26)15-16-32-25-14-11-19(2)17-20(25)3/h5-14,17,21H,15-16H2,1-4H3,(H,28,31). The lowest BCUT2D eigenvalue weighted by Crippen LogP contribution is -2.29. The number of aromatic nitrogens is 2. The van der Waals surface area contributed by atoms with Gasteiger partial charge < -0.3 is 14.6 Å². The highest BCUT2D eigenvalue weighted by atomic mass is 16.5. The van der Waals surface area contributed by atoms with Crippen LogP contribution >= 0.6 is 0 Å². The first kappa shape index (κ1) is 21.6. The van der Waals surface area contributed by atoms with E-state index >= 15 is 0 Å². The summed E-state index contributed by atoms with van der Waals surface area (Å²) in [6.07, 6.45) is 0. The Morgan fingerprint density at radius 1 is 1.00 bits per heavy atom. The number of para-hydroxylation sites is 2. The number of hydrogen-bond acceptors (Lipinski definition) is 3. The summed E-state index contributed by atoms with van der Waals surface area (Å²) in [5, 5.41) is 3.09. The number of imidazole rings is 1. The van der Waals surface area contributed by atoms with Crippen molar-refractivity contribution in [2.75, 3.05) is 6.61 Å². The second-order valence-electron chi connectivity index (χ2n) is 8.29. The highest BCUT2D eigenvalue weighted by Crippen LogP contribution is 2.23. The Hall–Kier alpha value is -3.60. The number of fused-ring (bicyclic) bond motifs is 1. The van der Waals surface area contributed by atoms with Crippen molar-refractivity contribution in [1.29, 1.82) is 0 Å². The Morgan fingerprint density at radius 3 is 2.47 bits per heavy atom. The lowest BCUT2D eigenvalue weighted by atomic mass is 10.1. The molecule has 0 spiro atoms. The van der Waals surface area contributed by atoms with Gasteiger partial charge in [-0.25, -0.2) is 4.98 Å². The summed E-state index contributed by atoms with van der Waals surface area (Å²) in [5.74, 6) is 1.60. The van der Waals surface area contributed by atoms with E-state index in [0.717, 1.165) is 33.7 Å². The molecule has 5 nitrogen and oxygen atoms in total. The minimum Gasteiger partial charge on any atom is -0.491 e. The van der Waals surface area contributed by atoms with Crippen LogP contribution in [0.1, 0.15) is 45.8 Å². The zero-order chi connectivity index (χ0) is 22.7. The van der Waals surface area contributed by atoms with E-state index in [-0.39, 0.29) is 11.9 Å². The number of benzene rings is 3. The van der Waals surface area contributed by atoms with Crippen LogP contribution in [0.5, 0.6) is 5.75 Å². The van der Waals surface area contributed by atoms with Gasteiger partial charge in [-0.3, -0.25) is 4.79 Å². The molecule has 0 radical (unpaired) electrons. The van der Waals surface area contributed by atoms with Gasteiger partial charge in [-0.05, 0) is 63.6 Å². The van der Waals surface area contributed by atoms with Gasteiger partial charge >= 0.3 is 0 Å². The summed E-state index contributed by atoms with van der Waals surface area (Å²) in [6, 6.07) is 21.6. The molecule has 3 aromatic carbocycles. The average molecular weight is 428 g/mol. The van der Waals surface area contributed by atoms with Gasteiger partial charge in [0.2, 0.25) is 0 Å². The monoisotopic (exact) mass is 427 g/mol. The van der Waals surface area contributed by atoms with Crippen molar-refractivity contribution >= 4 is 16.9 Å². The van der Waals surface area contributed by atoms with E-state index in [9.17, 15) is 4.79 Å². The fourth-order valence-corrected chi connectivity index (χ4v) is 3.92. The zero-order valence-electron chi connectivity index (χ0n) is 19.1. The second-order valence-corrected chi connectivity index (χ2v) is 8.29. The summed E-state index contributed by atoms with van der Waals surface area (Å²) in [4.78, 5) is 17.6. The first-order valence-electron chi connectivity index (χ1n) is 10.9. The van der Waals surface area contributed by atoms with E-state index in [4.69, 9.17) is 9.72 Å². The van der Waals surface area contributed by atoms with Crippen molar-refractivity contribution in [3.05, 3.63) is 94.8 Å². The van der Waals surface area contributed by atoms with Crippen LogP contribution in [0.25, 0.3) is 11.0 Å². The van der Waals surface area contributed by atoms with Gasteiger partial charge in [-0.15, -0.1) is 0 Å². The Bertz CT molecular complexity index is 1240. The molecule has 4 aromatic rings. The lowest BCUT2D eigenvalue weighted by Gasteiger charge is -2.17. The van der Waals surface area contributed by atoms with Gasteiger partial charge in [0.15, 0.2) is 0 Å². The molecule has 1 aromatic heterocycles. The van der Waals surface area contributed by atoms with Crippen LogP contribution in [-0.2, 0) is 6.54 Å². The lowest BCUT2D eigenvalue weighted by molar-refractivity contribution is 0.0937. The molecule has 1 amide bonds. The number of nitrogens with zero attached hydrogens (tertiary/aromatic N) is 2. The van der Waals surface area contributed by atoms with Crippen LogP contribution in [0.2, 0.25) is 0 Å². The number of nitrogens with one attached hydrogen (secondary N) is 1. The van der Waals surface area contributed by atoms with Crippen molar-refractivity contribution in [3.63, 3.8) is 0 Å². The maximum absolute atomic E-state index is 12.8. The number of hydrogen-bond donors (Lipinski definition) is 1. The minimum absolute atomic E-state index is 0.109. The van der Waals surface area contributed by atoms with Crippen molar-refractivity contribution in [1.82, 2.24) is 14.9 Å². The van der Waals surface area contributed by atoms with Gasteiger partial charge in [0, 0.05) is 5.56 Å². The first-order valence-corrected chi connectivity index (χ1v) is 10.9. The van der Waals surface area contributed by atoms with E-state index < -0.39 is 0 Å². The Labute approximate surface area is 189 Å². The fourth-order valence-electron chi connectivity index (χ4n) is 3.92. The normalized spacial score (nSPS) is 12.0. The molecular formula is C27H29N3O2. The predicted octanol–water partition coefficient (Wildman–Crippen LogP) is 5.53. The molecule has 0 bridgehead atoms. The third kappa shape index (κ3) is 4.67. The van der Waals surface area contributed by atoms with E-state index in [1.807, 2.05) is 62.4 Å². The number of aryl methyl sites for hydroxylation is 3. The molecule has 4 rings (SSSR count). The Balaban J connectivity index is 1.54. The SMILES string of the molecule is Cc1ccc(C(=O)NC(C)c2nc3ccccc3n2CCOc2ccc(C)cc2C)cc1. The molecule has 1 N–H and O–H groups in total. The summed E-state index contributed by atoms with van der Waals surface area (Å²) in [7, 11) is 0. The molecule has 5 heteroatoms. The maximum atomic E-state index is 12.8. The molecular weight excluding hydrogens is 398 g/mol. The predicted molar refractivity (Wildman–Crippen MR) is 128 cm³/mol. The molecule has 0 fully saturated rings. The second kappa shape index (κ2) is 9.27. The fraction of sp³-hybridized carbons (Fsp3) is 0.259. The van der Waals surface area contributed by atoms with Crippen LogP contribution in [0.4, 0.5) is 0 Å². The molecule has 164 valence electrons. The molecule has 0 aliphatic carbocycles. The highest BCUT2D eigenvalue weighted by Gasteiger charge is 2.19. The molecule has 1 unspecified atom stereocenters. The topological polar surface area (TPSA) is 56.2 Å². The summed E-state index contributed by atoms with van der Waals surface area (Å²) >= 11 is 0. The van der Waals surface area contributed by atoms with Gasteiger partial charge in [0.1, 0.15) is 18.2 Å². The molecule has 1 atom stereocenters. The van der Waals surface area contributed by atoms with Crippen molar-refractivity contribution in [3.8, 4) is 5.75 Å². The average Bonchev–Trinajstić information content (AvgIpc) is 3.14. The molecule has 32 heavy (non-hydrogen) atoms. The number of rotatable bonds is 7. The van der Waals surface area contributed by atoms with Gasteiger partial charge in [-0.1, -0.05) is 47.5 Å². The highest BCUT2D eigenvalue weighted by molar-refractivity contribution is 5.94. The maximum Gasteiger partial charge on any atom is 0.251 e. The smallest absolute Gasteiger partial charge is 0.251 e. The van der Waals surface area contributed by atoms with Crippen molar-refractivity contribution in [2.24, 2.45) is 0 Å². The van der Waals surface area contributed by atoms with Crippen LogP contribution in [0.3, 0.4) is 0 Å². The van der Waals surface area contributed by atoms with E-state index in [2.05, 4.69) is 41.9 Å². The molecule has 0 aliphatic rings. The first-order chi connectivity index (χ1) is 15.4. The summed E-state index contributed by atoms with van der Waals surface area (Å²) < 4.78 is 8.21. The summed E-state index contributed by atoms with van der Waals surface area (Å²) in [5.41, 5.74) is 6.05. The largest absolute Gasteiger partial charge is 0.491 e. The number of amides is 1. The van der Waals surface area contributed by atoms with Crippen molar-refractivity contribution < 1.29 is 9.53 Å². The van der Waals surface area contributed by atoms with E-state index in [0.29, 0.717) is 18.7 Å². The Morgan fingerprint density at radius 2 is 1.72 bits per heavy atom. The van der Waals surface area contributed by atoms with Gasteiger partial charge in [0.05, 0.1) is 23.6 Å². The van der Waals surface area contributed by atoms with Crippen LogP contribution < -0.4 is 10.1 Å². The molecule has 0 aliphatic heterocycles. The molecule has 0 saturated carbocycles. The van der Waals surface area contributed by atoms with Crippen molar-refractivity contribution in [2.45, 2.75) is 40.3 Å². The Kier molecular flexibility index (Phi) is 6.26. The zero-order valence-corrected chi connectivity index (χ0v) is 19.1. The van der Waals surface area contributed by atoms with Crippen LogP contribution in [0, 0.1) is 20.8 Å². The van der Waals surface area contributed by atoms with Gasteiger partial charge in [0.25, 0.3) is 5.91 Å². The van der Waals surface area contributed by atoms with E-state index in [1.165, 1.54) is 5.56 Å². The molecule has 0 saturated heterocycles. The number of ether oxygens (including phenoxy) is 1. The quantitative estimate of drug-likeness (QED) is 0.422. The van der Waals surface area contributed by atoms with Crippen LogP contribution in [0.15, 0.2) is 66.7 Å². The summed E-state index contributed by atoms with van der Waals surface area (Å²) in [6.45, 7) is 9.25. The van der Waals surface area contributed by atoms with Crippen LogP contribution in [-0.4, -0.2) is 22.1 Å². The van der Waals surface area contributed by atoms with Gasteiger partial charge in [-0.2, -0.15) is 0 Å². The van der Waals surface area contributed by atoms with E-state index in [1.54, 1.807) is 0 Å².